The van der Waals surface area contributed by atoms with Gasteiger partial charge in [-0.2, -0.15) is 0 Å². The number of rotatable bonds is 5. The summed E-state index contributed by atoms with van der Waals surface area (Å²) in [6.07, 6.45) is 4.56. The van der Waals surface area contributed by atoms with Gasteiger partial charge < -0.3 is 20.1 Å². The van der Waals surface area contributed by atoms with E-state index in [9.17, 15) is 4.39 Å². The molecule has 1 atom stereocenters. The maximum absolute atomic E-state index is 13.5. The van der Waals surface area contributed by atoms with E-state index in [2.05, 4.69) is 25.7 Å². The van der Waals surface area contributed by atoms with E-state index in [1.54, 1.807) is 12.1 Å². The van der Waals surface area contributed by atoms with Crippen LogP contribution >= 0.6 is 24.0 Å². The molecule has 7 nitrogen and oxygen atoms in total. The van der Waals surface area contributed by atoms with E-state index >= 15 is 0 Å². The molecule has 0 amide bonds. The van der Waals surface area contributed by atoms with Crippen LogP contribution in [0.1, 0.15) is 42.9 Å². The lowest BCUT2D eigenvalue weighted by molar-refractivity contribution is 0.466. The maximum Gasteiger partial charge on any atom is 0.192 e. The smallest absolute Gasteiger partial charge is 0.192 e. The minimum atomic E-state index is -0.181. The zero-order valence-corrected chi connectivity index (χ0v) is 20.2. The van der Waals surface area contributed by atoms with Crippen LogP contribution < -0.4 is 15.5 Å². The Morgan fingerprint density at radius 1 is 1.17 bits per heavy atom. The van der Waals surface area contributed by atoms with Gasteiger partial charge in [-0.3, -0.25) is 0 Å². The van der Waals surface area contributed by atoms with Crippen molar-refractivity contribution in [2.45, 2.75) is 58.2 Å². The van der Waals surface area contributed by atoms with E-state index in [1.807, 2.05) is 31.5 Å². The summed E-state index contributed by atoms with van der Waals surface area (Å²) in [4.78, 5) is 7.12. The molecule has 0 radical (unpaired) electrons. The Hall–Kier alpha value is -1.91. The van der Waals surface area contributed by atoms with Crippen LogP contribution in [0, 0.1) is 19.7 Å². The molecular formula is C21H31FIN7. The van der Waals surface area contributed by atoms with E-state index in [0.717, 1.165) is 54.8 Å². The number of guanidine groups is 1. The second kappa shape index (κ2) is 9.93. The molecule has 2 fully saturated rings. The first-order chi connectivity index (χ1) is 14.0. The average Bonchev–Trinajstić information content (AvgIpc) is 3.45. The van der Waals surface area contributed by atoms with Crippen LogP contribution in [-0.4, -0.2) is 45.9 Å². The highest BCUT2D eigenvalue weighted by Gasteiger charge is 2.26. The normalized spacial score (nSPS) is 19.4. The molecule has 1 saturated heterocycles. The van der Waals surface area contributed by atoms with Crippen molar-refractivity contribution in [3.8, 4) is 0 Å². The highest BCUT2D eigenvalue weighted by atomic mass is 127. The Balaban J connectivity index is 0.00000256. The third-order valence-electron chi connectivity index (χ3n) is 5.74. The number of aliphatic imine (C=N–C) groups is 1. The molecule has 2 aliphatic rings. The Bertz CT molecular complexity index is 893. The van der Waals surface area contributed by atoms with Gasteiger partial charge in [0, 0.05) is 37.9 Å². The minimum Gasteiger partial charge on any atom is -0.369 e. The molecule has 9 heteroatoms. The Morgan fingerprint density at radius 2 is 1.93 bits per heavy atom. The fourth-order valence-electron chi connectivity index (χ4n) is 3.77. The van der Waals surface area contributed by atoms with Crippen molar-refractivity contribution < 1.29 is 4.39 Å². The number of aryl methyl sites for hydroxylation is 2. The number of anilines is 1. The number of halogens is 2. The van der Waals surface area contributed by atoms with Crippen molar-refractivity contribution in [1.29, 1.82) is 0 Å². The van der Waals surface area contributed by atoms with Gasteiger partial charge in [-0.05, 0) is 63.3 Å². The topological polar surface area (TPSA) is 70.4 Å². The van der Waals surface area contributed by atoms with Gasteiger partial charge in [0.25, 0.3) is 0 Å². The SMILES string of the molecule is Cc1cc(F)ccc1N1CCCC(NC(=NCc2nnc(C)n2C)NC2CC2)C1.I. The van der Waals surface area contributed by atoms with Crippen LogP contribution in [0.5, 0.6) is 0 Å². The quantitative estimate of drug-likeness (QED) is 0.356. The van der Waals surface area contributed by atoms with Crippen LogP contribution in [0.15, 0.2) is 23.2 Å². The number of piperidine rings is 1. The number of aromatic nitrogens is 3. The third-order valence-corrected chi connectivity index (χ3v) is 5.74. The van der Waals surface area contributed by atoms with Gasteiger partial charge >= 0.3 is 0 Å². The fraction of sp³-hybridized carbons (Fsp3) is 0.571. The minimum absolute atomic E-state index is 0. The van der Waals surface area contributed by atoms with Crippen LogP contribution in [0.3, 0.4) is 0 Å². The first kappa shape index (κ1) is 22.8. The van der Waals surface area contributed by atoms with Crippen LogP contribution in [0.4, 0.5) is 10.1 Å². The summed E-state index contributed by atoms with van der Waals surface area (Å²) in [5.74, 6) is 2.40. The molecule has 2 heterocycles. The first-order valence-electron chi connectivity index (χ1n) is 10.4. The molecule has 30 heavy (non-hydrogen) atoms. The summed E-state index contributed by atoms with van der Waals surface area (Å²) < 4.78 is 15.4. The van der Waals surface area contributed by atoms with Crippen molar-refractivity contribution in [3.63, 3.8) is 0 Å². The molecule has 1 unspecified atom stereocenters. The number of hydrogen-bond acceptors (Lipinski definition) is 4. The summed E-state index contributed by atoms with van der Waals surface area (Å²) in [6, 6.07) is 5.85. The van der Waals surface area contributed by atoms with Gasteiger partial charge in [0.05, 0.1) is 0 Å². The van der Waals surface area contributed by atoms with E-state index in [-0.39, 0.29) is 29.8 Å². The Labute approximate surface area is 194 Å². The lowest BCUT2D eigenvalue weighted by Gasteiger charge is -2.36. The third kappa shape index (κ3) is 5.61. The standard InChI is InChI=1S/C21H30FN7.HI/c1-14-11-16(22)6-9-19(14)29-10-4-5-18(13-29)25-21(24-17-7-8-17)23-12-20-27-26-15(2)28(20)3;/h6,9,11,17-18H,4-5,7-8,10,12-13H2,1-3H3,(H2,23,24,25);1H. The van der Waals surface area contributed by atoms with E-state index in [0.29, 0.717) is 18.6 Å². The van der Waals surface area contributed by atoms with Gasteiger partial charge in [0.2, 0.25) is 0 Å². The van der Waals surface area contributed by atoms with Crippen molar-refractivity contribution in [2.75, 3.05) is 18.0 Å². The molecule has 1 aromatic carbocycles. The Kier molecular flexibility index (Phi) is 7.54. The lowest BCUT2D eigenvalue weighted by Crippen LogP contribution is -2.51. The van der Waals surface area contributed by atoms with Gasteiger partial charge in [0.15, 0.2) is 11.8 Å². The summed E-state index contributed by atoms with van der Waals surface area (Å²) in [7, 11) is 1.96. The van der Waals surface area contributed by atoms with Crippen molar-refractivity contribution in [2.24, 2.45) is 12.0 Å². The van der Waals surface area contributed by atoms with E-state index in [4.69, 9.17) is 4.99 Å². The molecule has 2 N–H and O–H groups in total. The second-order valence-corrected chi connectivity index (χ2v) is 8.17. The fourth-order valence-corrected chi connectivity index (χ4v) is 3.77. The average molecular weight is 527 g/mol. The second-order valence-electron chi connectivity index (χ2n) is 8.17. The number of nitrogens with zero attached hydrogens (tertiary/aromatic N) is 5. The number of nitrogens with one attached hydrogen (secondary N) is 2. The number of benzene rings is 1. The maximum atomic E-state index is 13.5. The van der Waals surface area contributed by atoms with Crippen LogP contribution in [0.25, 0.3) is 0 Å². The highest BCUT2D eigenvalue weighted by Crippen LogP contribution is 2.25. The molecule has 1 aromatic heterocycles. The van der Waals surface area contributed by atoms with Crippen LogP contribution in [0.2, 0.25) is 0 Å². The molecule has 164 valence electrons. The Morgan fingerprint density at radius 3 is 2.60 bits per heavy atom. The summed E-state index contributed by atoms with van der Waals surface area (Å²) in [6.45, 7) is 6.27. The van der Waals surface area contributed by atoms with E-state index in [1.165, 1.54) is 12.8 Å². The van der Waals surface area contributed by atoms with Crippen molar-refractivity contribution in [3.05, 3.63) is 41.2 Å². The lowest BCUT2D eigenvalue weighted by atomic mass is 10.0. The molecule has 2 aromatic rings. The van der Waals surface area contributed by atoms with Crippen LogP contribution in [-0.2, 0) is 13.6 Å². The zero-order valence-electron chi connectivity index (χ0n) is 17.9. The first-order valence-corrected chi connectivity index (χ1v) is 10.4. The monoisotopic (exact) mass is 527 g/mol. The summed E-state index contributed by atoms with van der Waals surface area (Å²) in [5.41, 5.74) is 2.09. The molecular weight excluding hydrogens is 496 g/mol. The van der Waals surface area contributed by atoms with Gasteiger partial charge in [0.1, 0.15) is 18.2 Å². The predicted octanol–water partition coefficient (Wildman–Crippen LogP) is 3.06. The molecule has 1 aliphatic carbocycles. The van der Waals surface area contributed by atoms with Gasteiger partial charge in [-0.25, -0.2) is 9.38 Å². The summed E-state index contributed by atoms with van der Waals surface area (Å²) in [5, 5.41) is 15.5. The van der Waals surface area contributed by atoms with E-state index < -0.39 is 0 Å². The molecule has 1 saturated carbocycles. The number of hydrogen-bond donors (Lipinski definition) is 2. The molecule has 1 aliphatic heterocycles. The molecule has 0 bridgehead atoms. The predicted molar refractivity (Wildman–Crippen MR) is 128 cm³/mol. The zero-order chi connectivity index (χ0) is 20.4. The van der Waals surface area contributed by atoms with Crippen molar-refractivity contribution >= 4 is 35.6 Å². The molecule has 4 rings (SSSR count). The molecule has 0 spiro atoms. The van der Waals surface area contributed by atoms with Crippen molar-refractivity contribution in [1.82, 2.24) is 25.4 Å². The summed E-state index contributed by atoms with van der Waals surface area (Å²) >= 11 is 0. The highest BCUT2D eigenvalue weighted by molar-refractivity contribution is 14.0. The van der Waals surface area contributed by atoms with Gasteiger partial charge in [-0.1, -0.05) is 0 Å². The van der Waals surface area contributed by atoms with Gasteiger partial charge in [-0.15, -0.1) is 34.2 Å². The largest absolute Gasteiger partial charge is 0.369 e.